The number of carbonyl (C=O) groups excluding carboxylic acids is 2. The van der Waals surface area contributed by atoms with Crippen LogP contribution in [0.1, 0.15) is 22.8 Å². The summed E-state index contributed by atoms with van der Waals surface area (Å²) in [5, 5.41) is 2.75. The number of para-hydroxylation sites is 1. The van der Waals surface area contributed by atoms with Crippen molar-refractivity contribution in [1.29, 1.82) is 0 Å². The first kappa shape index (κ1) is 15.7. The first-order valence-electron chi connectivity index (χ1n) is 7.55. The Bertz CT molecular complexity index is 885. The summed E-state index contributed by atoms with van der Waals surface area (Å²) in [4.78, 5) is 28.2. The quantitative estimate of drug-likeness (QED) is 0.729. The highest BCUT2D eigenvalue weighted by atomic mass is 16.5. The maximum Gasteiger partial charge on any atom is 0.340 e. The fraction of sp³-hybridized carbons (Fsp3) is 0.167. The summed E-state index contributed by atoms with van der Waals surface area (Å²) < 4.78 is 10.2. The van der Waals surface area contributed by atoms with Gasteiger partial charge in [0.25, 0.3) is 0 Å². The summed E-state index contributed by atoms with van der Waals surface area (Å²) in [5.41, 5.74) is 2.93. The predicted molar refractivity (Wildman–Crippen MR) is 88.7 cm³/mol. The SMILES string of the molecule is CCOC(=O)c1ccccc1NC(=O)Cc1ccc2ncoc2c1. The molecular formula is C18H16N2O4. The summed E-state index contributed by atoms with van der Waals surface area (Å²) in [6.07, 6.45) is 1.53. The van der Waals surface area contributed by atoms with Crippen molar-refractivity contribution in [3.05, 3.63) is 60.0 Å². The van der Waals surface area contributed by atoms with Crippen molar-refractivity contribution in [3.63, 3.8) is 0 Å². The van der Waals surface area contributed by atoms with Gasteiger partial charge in [0, 0.05) is 0 Å². The summed E-state index contributed by atoms with van der Waals surface area (Å²) in [6, 6.07) is 12.2. The molecule has 0 aliphatic rings. The number of anilines is 1. The summed E-state index contributed by atoms with van der Waals surface area (Å²) in [6.45, 7) is 2.01. The number of rotatable bonds is 5. The highest BCUT2D eigenvalue weighted by Crippen LogP contribution is 2.18. The number of ether oxygens (including phenoxy) is 1. The molecule has 3 rings (SSSR count). The van der Waals surface area contributed by atoms with Crippen LogP contribution in [0.25, 0.3) is 11.1 Å². The molecule has 0 bridgehead atoms. The second kappa shape index (κ2) is 6.95. The van der Waals surface area contributed by atoms with Crippen molar-refractivity contribution in [2.45, 2.75) is 13.3 Å². The number of amides is 1. The van der Waals surface area contributed by atoms with Gasteiger partial charge in [-0.25, -0.2) is 9.78 Å². The predicted octanol–water partition coefficient (Wildman–Crippen LogP) is 3.19. The van der Waals surface area contributed by atoms with Gasteiger partial charge in [-0.15, -0.1) is 0 Å². The van der Waals surface area contributed by atoms with Gasteiger partial charge in [0.15, 0.2) is 12.0 Å². The molecule has 6 heteroatoms. The molecule has 2 aromatic carbocycles. The fourth-order valence-corrected chi connectivity index (χ4v) is 2.37. The average Bonchev–Trinajstić information content (AvgIpc) is 3.03. The van der Waals surface area contributed by atoms with Crippen LogP contribution in [-0.4, -0.2) is 23.5 Å². The third-order valence-corrected chi connectivity index (χ3v) is 3.46. The van der Waals surface area contributed by atoms with Crippen molar-refractivity contribution in [2.24, 2.45) is 0 Å². The topological polar surface area (TPSA) is 81.4 Å². The van der Waals surface area contributed by atoms with Crippen LogP contribution >= 0.6 is 0 Å². The lowest BCUT2D eigenvalue weighted by Gasteiger charge is -2.10. The zero-order valence-corrected chi connectivity index (χ0v) is 13.1. The van der Waals surface area contributed by atoms with Crippen LogP contribution in [0.5, 0.6) is 0 Å². The molecule has 0 fully saturated rings. The minimum absolute atomic E-state index is 0.161. The van der Waals surface area contributed by atoms with Crippen LogP contribution in [-0.2, 0) is 16.0 Å². The van der Waals surface area contributed by atoms with Gasteiger partial charge >= 0.3 is 5.97 Å². The average molecular weight is 324 g/mol. The number of benzene rings is 2. The van der Waals surface area contributed by atoms with E-state index in [-0.39, 0.29) is 18.9 Å². The highest BCUT2D eigenvalue weighted by molar-refractivity contribution is 6.01. The molecular weight excluding hydrogens is 308 g/mol. The van der Waals surface area contributed by atoms with Crippen molar-refractivity contribution in [2.75, 3.05) is 11.9 Å². The normalized spacial score (nSPS) is 10.5. The largest absolute Gasteiger partial charge is 0.462 e. The van der Waals surface area contributed by atoms with Crippen LogP contribution in [0, 0.1) is 0 Å². The monoisotopic (exact) mass is 324 g/mol. The van der Waals surface area contributed by atoms with Crippen LogP contribution in [0.15, 0.2) is 53.3 Å². The molecule has 1 N–H and O–H groups in total. The van der Waals surface area contributed by atoms with Crippen molar-refractivity contribution in [1.82, 2.24) is 4.98 Å². The standard InChI is InChI=1S/C18H16N2O4/c1-2-23-18(22)13-5-3-4-6-14(13)20-17(21)10-12-7-8-15-16(9-12)24-11-19-15/h3-9,11H,2,10H2,1H3,(H,20,21). The van der Waals surface area contributed by atoms with Crippen LogP contribution in [0.3, 0.4) is 0 Å². The van der Waals surface area contributed by atoms with Gasteiger partial charge in [-0.1, -0.05) is 18.2 Å². The number of carbonyl (C=O) groups is 2. The number of hydrogen-bond acceptors (Lipinski definition) is 5. The Labute approximate surface area is 138 Å². The van der Waals surface area contributed by atoms with E-state index in [9.17, 15) is 9.59 Å². The van der Waals surface area contributed by atoms with E-state index in [0.29, 0.717) is 16.8 Å². The minimum Gasteiger partial charge on any atom is -0.462 e. The second-order valence-corrected chi connectivity index (χ2v) is 5.15. The summed E-state index contributed by atoms with van der Waals surface area (Å²) in [7, 11) is 0. The minimum atomic E-state index is -0.462. The van der Waals surface area contributed by atoms with Gasteiger partial charge in [-0.2, -0.15) is 0 Å². The van der Waals surface area contributed by atoms with Gasteiger partial charge in [0.1, 0.15) is 5.52 Å². The number of nitrogens with one attached hydrogen (secondary N) is 1. The maximum absolute atomic E-state index is 12.3. The van der Waals surface area contributed by atoms with Crippen LogP contribution in [0.2, 0.25) is 0 Å². The van der Waals surface area contributed by atoms with E-state index in [0.717, 1.165) is 11.1 Å². The molecule has 0 saturated carbocycles. The smallest absolute Gasteiger partial charge is 0.340 e. The lowest BCUT2D eigenvalue weighted by atomic mass is 10.1. The molecule has 3 aromatic rings. The van der Waals surface area contributed by atoms with Crippen molar-refractivity contribution >= 4 is 28.7 Å². The Morgan fingerprint density at radius 1 is 1.21 bits per heavy atom. The number of hydrogen-bond donors (Lipinski definition) is 1. The fourth-order valence-electron chi connectivity index (χ4n) is 2.37. The molecule has 1 amide bonds. The Balaban J connectivity index is 1.74. The zero-order valence-electron chi connectivity index (χ0n) is 13.1. The molecule has 0 saturated heterocycles. The van der Waals surface area contributed by atoms with E-state index in [1.807, 2.05) is 6.07 Å². The molecule has 6 nitrogen and oxygen atoms in total. The molecule has 0 aliphatic heterocycles. The first-order valence-corrected chi connectivity index (χ1v) is 7.55. The Hall–Kier alpha value is -3.15. The number of esters is 1. The van der Waals surface area contributed by atoms with E-state index in [2.05, 4.69) is 10.3 Å². The molecule has 0 radical (unpaired) electrons. The van der Waals surface area contributed by atoms with Gasteiger partial charge in [0.2, 0.25) is 5.91 Å². The number of aromatic nitrogens is 1. The van der Waals surface area contributed by atoms with E-state index >= 15 is 0 Å². The third-order valence-electron chi connectivity index (χ3n) is 3.46. The van der Waals surface area contributed by atoms with E-state index in [1.54, 1.807) is 43.3 Å². The molecule has 1 heterocycles. The Morgan fingerprint density at radius 2 is 2.04 bits per heavy atom. The third kappa shape index (κ3) is 3.43. The molecule has 0 spiro atoms. The van der Waals surface area contributed by atoms with Crippen LogP contribution < -0.4 is 5.32 Å². The van der Waals surface area contributed by atoms with Crippen molar-refractivity contribution < 1.29 is 18.7 Å². The molecule has 0 aliphatic carbocycles. The van der Waals surface area contributed by atoms with Gasteiger partial charge in [0.05, 0.1) is 24.3 Å². The lowest BCUT2D eigenvalue weighted by Crippen LogP contribution is -2.17. The summed E-state index contributed by atoms with van der Waals surface area (Å²) in [5.74, 6) is -0.693. The Morgan fingerprint density at radius 3 is 2.88 bits per heavy atom. The molecule has 0 atom stereocenters. The van der Waals surface area contributed by atoms with Gasteiger partial charge in [-0.3, -0.25) is 4.79 Å². The molecule has 24 heavy (non-hydrogen) atoms. The zero-order chi connectivity index (χ0) is 16.9. The van der Waals surface area contributed by atoms with E-state index < -0.39 is 5.97 Å². The van der Waals surface area contributed by atoms with E-state index in [1.165, 1.54) is 6.39 Å². The summed E-state index contributed by atoms with van der Waals surface area (Å²) >= 11 is 0. The first-order chi connectivity index (χ1) is 11.7. The van der Waals surface area contributed by atoms with E-state index in [4.69, 9.17) is 9.15 Å². The number of fused-ring (bicyclic) bond motifs is 1. The molecule has 122 valence electrons. The number of oxazole rings is 1. The lowest BCUT2D eigenvalue weighted by molar-refractivity contribution is -0.115. The molecule has 1 aromatic heterocycles. The maximum atomic E-state index is 12.3. The second-order valence-electron chi connectivity index (χ2n) is 5.15. The highest BCUT2D eigenvalue weighted by Gasteiger charge is 2.14. The van der Waals surface area contributed by atoms with Gasteiger partial charge in [-0.05, 0) is 36.8 Å². The molecule has 0 unspecified atom stereocenters. The van der Waals surface area contributed by atoms with Crippen molar-refractivity contribution in [3.8, 4) is 0 Å². The Kier molecular flexibility index (Phi) is 4.56. The van der Waals surface area contributed by atoms with Gasteiger partial charge < -0.3 is 14.5 Å². The number of nitrogens with zero attached hydrogens (tertiary/aromatic N) is 1. The van der Waals surface area contributed by atoms with Crippen LogP contribution in [0.4, 0.5) is 5.69 Å².